The van der Waals surface area contributed by atoms with Crippen LogP contribution < -0.4 is 4.90 Å². The summed E-state index contributed by atoms with van der Waals surface area (Å²) in [4.78, 5) is 27.4. The first kappa shape index (κ1) is 20.1. The molecule has 1 aromatic rings. The van der Waals surface area contributed by atoms with Crippen molar-refractivity contribution in [3.05, 3.63) is 51.0 Å². The lowest BCUT2D eigenvalue weighted by molar-refractivity contribution is -0.115. The molecular weight excluding hydrogens is 402 g/mol. The van der Waals surface area contributed by atoms with Crippen molar-refractivity contribution >= 4 is 33.2 Å². The molecule has 0 radical (unpaired) electrons. The molecular formula is C23H28BrNO2. The van der Waals surface area contributed by atoms with Crippen LogP contribution in [0.25, 0.3) is 0 Å². The van der Waals surface area contributed by atoms with Gasteiger partial charge in [0, 0.05) is 41.7 Å². The van der Waals surface area contributed by atoms with Gasteiger partial charge in [0.15, 0.2) is 11.6 Å². The first-order valence-electron chi connectivity index (χ1n) is 9.82. The summed E-state index contributed by atoms with van der Waals surface area (Å²) in [7, 11) is 2.12. The Bertz CT molecular complexity index is 816. The van der Waals surface area contributed by atoms with Gasteiger partial charge in [-0.3, -0.25) is 9.59 Å². The van der Waals surface area contributed by atoms with Gasteiger partial charge in [-0.25, -0.2) is 0 Å². The first-order valence-corrected chi connectivity index (χ1v) is 10.6. The third-order valence-electron chi connectivity index (χ3n) is 5.80. The second kappa shape index (κ2) is 8.55. The summed E-state index contributed by atoms with van der Waals surface area (Å²) in [5.41, 5.74) is 4.72. The second-order valence-corrected chi connectivity index (χ2v) is 8.84. The van der Waals surface area contributed by atoms with E-state index >= 15 is 0 Å². The lowest BCUT2D eigenvalue weighted by Gasteiger charge is -2.27. The predicted octanol–water partition coefficient (Wildman–Crippen LogP) is 6.03. The van der Waals surface area contributed by atoms with Gasteiger partial charge in [0.1, 0.15) is 0 Å². The van der Waals surface area contributed by atoms with Crippen molar-refractivity contribution in [2.45, 2.75) is 64.8 Å². The fourth-order valence-electron chi connectivity index (χ4n) is 4.25. The van der Waals surface area contributed by atoms with Gasteiger partial charge in [-0.05, 0) is 62.5 Å². The Morgan fingerprint density at radius 3 is 2.56 bits per heavy atom. The highest BCUT2D eigenvalue weighted by molar-refractivity contribution is 9.10. The van der Waals surface area contributed by atoms with Crippen molar-refractivity contribution in [1.29, 1.82) is 0 Å². The summed E-state index contributed by atoms with van der Waals surface area (Å²) in [5, 5.41) is 0. The molecule has 0 N–H and O–H groups in total. The Kier molecular flexibility index (Phi) is 6.36. The van der Waals surface area contributed by atoms with Gasteiger partial charge in [-0.1, -0.05) is 40.4 Å². The van der Waals surface area contributed by atoms with Crippen molar-refractivity contribution in [1.82, 2.24) is 0 Å². The van der Waals surface area contributed by atoms with Crippen LogP contribution in [-0.4, -0.2) is 24.7 Å². The fraction of sp³-hybridized carbons (Fsp3) is 0.478. The molecule has 0 unspecified atom stereocenters. The molecule has 0 bridgehead atoms. The predicted molar refractivity (Wildman–Crippen MR) is 114 cm³/mol. The zero-order valence-electron chi connectivity index (χ0n) is 16.5. The van der Waals surface area contributed by atoms with Gasteiger partial charge in [0.2, 0.25) is 0 Å². The molecule has 0 atom stereocenters. The molecule has 0 aromatic heterocycles. The van der Waals surface area contributed by atoms with E-state index in [1.54, 1.807) is 0 Å². The van der Waals surface area contributed by atoms with Gasteiger partial charge < -0.3 is 4.90 Å². The van der Waals surface area contributed by atoms with Crippen LogP contribution in [0.2, 0.25) is 0 Å². The average molecular weight is 430 g/mol. The summed E-state index contributed by atoms with van der Waals surface area (Å²) in [6.07, 6.45) is 8.44. The number of ketones is 2. The summed E-state index contributed by atoms with van der Waals surface area (Å²) in [5.74, 6) is 0.257. The normalized spacial score (nSPS) is 18.1. The minimum absolute atomic E-state index is 0.0942. The van der Waals surface area contributed by atoms with Gasteiger partial charge in [0.25, 0.3) is 0 Å². The smallest absolute Gasteiger partial charge is 0.163 e. The van der Waals surface area contributed by atoms with Crippen LogP contribution in [-0.2, 0) is 4.79 Å². The summed E-state index contributed by atoms with van der Waals surface area (Å²) >= 11 is 3.56. The van der Waals surface area contributed by atoms with Gasteiger partial charge >= 0.3 is 0 Å². The monoisotopic (exact) mass is 429 g/mol. The van der Waals surface area contributed by atoms with Crippen molar-refractivity contribution in [3.63, 3.8) is 0 Å². The highest BCUT2D eigenvalue weighted by atomic mass is 79.9. The topological polar surface area (TPSA) is 37.4 Å². The Balaban J connectivity index is 1.73. The van der Waals surface area contributed by atoms with E-state index in [0.717, 1.165) is 32.4 Å². The van der Waals surface area contributed by atoms with Crippen LogP contribution in [0.3, 0.4) is 0 Å². The van der Waals surface area contributed by atoms with Crippen LogP contribution in [0.4, 0.5) is 5.69 Å². The third-order valence-corrected chi connectivity index (χ3v) is 6.26. The quantitative estimate of drug-likeness (QED) is 0.518. The van der Waals surface area contributed by atoms with Crippen LogP contribution in [0, 0.1) is 0 Å². The average Bonchev–Trinajstić information content (AvgIpc) is 3.14. The maximum Gasteiger partial charge on any atom is 0.163 e. The summed E-state index contributed by atoms with van der Waals surface area (Å²) in [6, 6.07) is 6.53. The number of benzene rings is 1. The number of carbonyl (C=O) groups is 2. The molecule has 1 fully saturated rings. The molecule has 3 rings (SSSR count). The number of nitrogens with zero attached hydrogens (tertiary/aromatic N) is 1. The molecule has 27 heavy (non-hydrogen) atoms. The van der Waals surface area contributed by atoms with Crippen molar-refractivity contribution in [3.8, 4) is 0 Å². The van der Waals surface area contributed by atoms with E-state index in [0.29, 0.717) is 25.3 Å². The standard InChI is InChI=1S/C23H28BrNO2/c1-15-10-16(2)21(23(27)11-15)8-9-22(26)17-12-18(24)14-20(13-17)25(3)19-6-4-5-7-19/h10,12-14,19H,4-9,11H2,1-3H3. The van der Waals surface area contributed by atoms with Gasteiger partial charge in [-0.2, -0.15) is 0 Å². The number of hydrogen-bond donors (Lipinski definition) is 0. The van der Waals surface area contributed by atoms with Crippen molar-refractivity contribution < 1.29 is 9.59 Å². The van der Waals surface area contributed by atoms with Crippen molar-refractivity contribution in [2.24, 2.45) is 0 Å². The third kappa shape index (κ3) is 4.78. The summed E-state index contributed by atoms with van der Waals surface area (Å²) < 4.78 is 0.927. The number of carbonyl (C=O) groups excluding carboxylic acids is 2. The molecule has 0 spiro atoms. The highest BCUT2D eigenvalue weighted by Crippen LogP contribution is 2.31. The van der Waals surface area contributed by atoms with Gasteiger partial charge in [-0.15, -0.1) is 0 Å². The van der Waals surface area contributed by atoms with Crippen LogP contribution in [0.1, 0.15) is 69.2 Å². The largest absolute Gasteiger partial charge is 0.372 e. The Morgan fingerprint density at radius 2 is 1.89 bits per heavy atom. The number of Topliss-reactive ketones (excluding diaryl/α,β-unsaturated/α-hetero) is 2. The number of rotatable bonds is 6. The molecule has 0 amide bonds. The molecule has 3 nitrogen and oxygen atoms in total. The van der Waals surface area contributed by atoms with E-state index in [2.05, 4.69) is 40.0 Å². The Labute approximate surface area is 170 Å². The highest BCUT2D eigenvalue weighted by Gasteiger charge is 2.22. The molecule has 2 aliphatic carbocycles. The minimum Gasteiger partial charge on any atom is -0.372 e. The van der Waals surface area contributed by atoms with Crippen LogP contribution >= 0.6 is 15.9 Å². The number of anilines is 1. The number of halogens is 1. The zero-order valence-corrected chi connectivity index (χ0v) is 18.1. The van der Waals surface area contributed by atoms with Crippen molar-refractivity contribution in [2.75, 3.05) is 11.9 Å². The molecule has 2 aliphatic rings. The molecule has 1 saturated carbocycles. The maximum atomic E-state index is 12.8. The lowest BCUT2D eigenvalue weighted by Crippen LogP contribution is -2.28. The Morgan fingerprint density at radius 1 is 1.19 bits per heavy atom. The van der Waals surface area contributed by atoms with E-state index in [-0.39, 0.29) is 11.6 Å². The van der Waals surface area contributed by atoms with Gasteiger partial charge in [0.05, 0.1) is 0 Å². The molecule has 0 aliphatic heterocycles. The summed E-state index contributed by atoms with van der Waals surface area (Å²) in [6.45, 7) is 3.95. The molecule has 1 aromatic carbocycles. The van der Waals surface area contributed by atoms with E-state index in [9.17, 15) is 9.59 Å². The van der Waals surface area contributed by atoms with Crippen LogP contribution in [0.15, 0.2) is 45.5 Å². The molecule has 4 heteroatoms. The fourth-order valence-corrected chi connectivity index (χ4v) is 4.73. The van der Waals surface area contributed by atoms with E-state index in [1.807, 2.05) is 26.0 Å². The first-order chi connectivity index (χ1) is 12.8. The lowest BCUT2D eigenvalue weighted by atomic mass is 9.89. The maximum absolute atomic E-state index is 12.8. The Hall–Kier alpha value is -1.68. The molecule has 0 heterocycles. The van der Waals surface area contributed by atoms with E-state index in [1.165, 1.54) is 25.7 Å². The van der Waals surface area contributed by atoms with Crippen LogP contribution in [0.5, 0.6) is 0 Å². The second-order valence-electron chi connectivity index (χ2n) is 7.92. The van der Waals surface area contributed by atoms with E-state index < -0.39 is 0 Å². The number of hydrogen-bond acceptors (Lipinski definition) is 3. The number of allylic oxidation sites excluding steroid dienone is 4. The SMILES string of the molecule is CC1=CC(C)=C(CCC(=O)c2cc(Br)cc(N(C)C3CCCC3)c2)C(=O)C1. The van der Waals surface area contributed by atoms with E-state index in [4.69, 9.17) is 0 Å². The molecule has 0 saturated heterocycles. The minimum atomic E-state index is 0.0942. The zero-order chi connectivity index (χ0) is 19.6. The molecule has 144 valence electrons.